The van der Waals surface area contributed by atoms with E-state index < -0.39 is 5.69 Å². The van der Waals surface area contributed by atoms with Crippen molar-refractivity contribution in [2.24, 2.45) is 0 Å². The molecule has 0 aliphatic heterocycles. The second-order valence-electron chi connectivity index (χ2n) is 2.88. The van der Waals surface area contributed by atoms with Crippen LogP contribution in [0.1, 0.15) is 33.4 Å². The second kappa shape index (κ2) is 6.53. The third-order valence-corrected chi connectivity index (χ3v) is 2.02. The minimum absolute atomic E-state index is 0.0969. The van der Waals surface area contributed by atoms with Gasteiger partial charge in [0.25, 0.3) is 0 Å². The number of nitrogens with zero attached hydrogens (tertiary/aromatic N) is 2. The van der Waals surface area contributed by atoms with E-state index in [1.807, 2.05) is 27.7 Å². The number of aromatic hydroxyl groups is 2. The van der Waals surface area contributed by atoms with Crippen LogP contribution in [0.4, 0.5) is 5.82 Å². The van der Waals surface area contributed by atoms with Gasteiger partial charge in [0.05, 0.1) is 5.69 Å². The van der Waals surface area contributed by atoms with Crippen LogP contribution in [0.5, 0.6) is 11.5 Å². The van der Waals surface area contributed by atoms with Crippen molar-refractivity contribution in [2.45, 2.75) is 34.6 Å². The minimum Gasteiger partial charge on any atom is -0.503 e. The maximum Gasteiger partial charge on any atom is 0.362 e. The highest BCUT2D eigenvalue weighted by Crippen LogP contribution is 2.36. The smallest absolute Gasteiger partial charge is 0.362 e. The summed E-state index contributed by atoms with van der Waals surface area (Å²) in [6, 6.07) is 0. The van der Waals surface area contributed by atoms with Crippen molar-refractivity contribution in [1.82, 2.24) is 14.6 Å². The lowest BCUT2D eigenvalue weighted by atomic mass is 10.4. The number of rotatable bonds is 0. The highest BCUT2D eigenvalue weighted by molar-refractivity contribution is 5.78. The fraction of sp³-hybridized carbons (Fsp3) is 0.455. The van der Waals surface area contributed by atoms with E-state index in [1.54, 1.807) is 0 Å². The van der Waals surface area contributed by atoms with Crippen LogP contribution in [0.15, 0.2) is 4.79 Å². The SMILES string of the molecule is CC.CC.Cc1c(O)c(O)c2c(N)nc(=O)[nH]n12. The summed E-state index contributed by atoms with van der Waals surface area (Å²) in [4.78, 5) is 14.3. The molecule has 0 spiro atoms. The predicted octanol–water partition coefficient (Wildman–Crippen LogP) is 1.38. The maximum atomic E-state index is 10.9. The predicted molar refractivity (Wildman–Crippen MR) is 71.0 cm³/mol. The Hall–Kier alpha value is -2.18. The molecule has 0 aliphatic rings. The Morgan fingerprint density at radius 3 is 2.17 bits per heavy atom. The number of hydrogen-bond acceptors (Lipinski definition) is 5. The number of fused-ring (bicyclic) bond motifs is 1. The summed E-state index contributed by atoms with van der Waals surface area (Å²) >= 11 is 0. The molecule has 0 unspecified atom stereocenters. The zero-order chi connectivity index (χ0) is 14.5. The van der Waals surface area contributed by atoms with Crippen molar-refractivity contribution in [1.29, 1.82) is 0 Å². The normalized spacial score (nSPS) is 9.17. The monoisotopic (exact) mass is 256 g/mol. The molecule has 0 saturated heterocycles. The molecule has 0 aromatic carbocycles. The van der Waals surface area contributed by atoms with E-state index in [1.165, 1.54) is 11.4 Å². The third-order valence-electron chi connectivity index (χ3n) is 2.02. The zero-order valence-corrected chi connectivity index (χ0v) is 11.3. The average Bonchev–Trinajstić information content (AvgIpc) is 2.59. The molecule has 0 fully saturated rings. The van der Waals surface area contributed by atoms with Crippen LogP contribution in [0.3, 0.4) is 0 Å². The lowest BCUT2D eigenvalue weighted by molar-refractivity contribution is 0.408. The first-order chi connectivity index (χ1) is 8.52. The summed E-state index contributed by atoms with van der Waals surface area (Å²) < 4.78 is 1.19. The Labute approximate surface area is 105 Å². The molecular weight excluding hydrogens is 236 g/mol. The Morgan fingerprint density at radius 1 is 1.17 bits per heavy atom. The van der Waals surface area contributed by atoms with Gasteiger partial charge in [0, 0.05) is 0 Å². The summed E-state index contributed by atoms with van der Waals surface area (Å²) in [7, 11) is 0. The molecule has 102 valence electrons. The summed E-state index contributed by atoms with van der Waals surface area (Å²) in [6.45, 7) is 9.53. The quantitative estimate of drug-likeness (QED) is 0.568. The summed E-state index contributed by atoms with van der Waals surface area (Å²) in [6.07, 6.45) is 0. The molecule has 7 heteroatoms. The molecule has 2 aromatic rings. The van der Waals surface area contributed by atoms with E-state index in [0.717, 1.165) is 0 Å². The fourth-order valence-corrected chi connectivity index (χ4v) is 1.32. The summed E-state index contributed by atoms with van der Waals surface area (Å²) in [5.74, 6) is -0.834. The molecule has 18 heavy (non-hydrogen) atoms. The largest absolute Gasteiger partial charge is 0.503 e. The fourth-order valence-electron chi connectivity index (χ4n) is 1.32. The molecular formula is C11H20N4O3. The van der Waals surface area contributed by atoms with Crippen LogP contribution in [-0.4, -0.2) is 24.8 Å². The highest BCUT2D eigenvalue weighted by Gasteiger charge is 2.17. The van der Waals surface area contributed by atoms with E-state index >= 15 is 0 Å². The maximum absolute atomic E-state index is 10.9. The summed E-state index contributed by atoms with van der Waals surface area (Å²) in [5.41, 5.74) is 5.16. The molecule has 0 radical (unpaired) electrons. The Balaban J connectivity index is 0.000000659. The highest BCUT2D eigenvalue weighted by atomic mass is 16.3. The van der Waals surface area contributed by atoms with Gasteiger partial charge >= 0.3 is 5.69 Å². The number of nitrogens with one attached hydrogen (secondary N) is 1. The van der Waals surface area contributed by atoms with Crippen LogP contribution in [0, 0.1) is 6.92 Å². The van der Waals surface area contributed by atoms with E-state index in [4.69, 9.17) is 5.73 Å². The van der Waals surface area contributed by atoms with Gasteiger partial charge in [-0.15, -0.1) is 0 Å². The van der Waals surface area contributed by atoms with Crippen molar-refractivity contribution in [2.75, 3.05) is 5.73 Å². The van der Waals surface area contributed by atoms with Crippen molar-refractivity contribution < 1.29 is 10.2 Å². The van der Waals surface area contributed by atoms with Gasteiger partial charge in [-0.2, -0.15) is 4.98 Å². The molecule has 2 rings (SSSR count). The van der Waals surface area contributed by atoms with Crippen LogP contribution in [0.2, 0.25) is 0 Å². The number of anilines is 1. The molecule has 0 aliphatic carbocycles. The average molecular weight is 256 g/mol. The second-order valence-corrected chi connectivity index (χ2v) is 2.88. The van der Waals surface area contributed by atoms with Gasteiger partial charge in [-0.3, -0.25) is 0 Å². The van der Waals surface area contributed by atoms with Gasteiger partial charge in [-0.1, -0.05) is 27.7 Å². The first-order valence-corrected chi connectivity index (χ1v) is 5.81. The molecule has 2 aromatic heterocycles. The molecule has 7 nitrogen and oxygen atoms in total. The first kappa shape index (κ1) is 15.8. The lowest BCUT2D eigenvalue weighted by Crippen LogP contribution is -2.17. The lowest BCUT2D eigenvalue weighted by Gasteiger charge is -1.98. The Kier molecular flexibility index (Phi) is 5.74. The first-order valence-electron chi connectivity index (χ1n) is 5.81. The van der Waals surface area contributed by atoms with Crippen LogP contribution >= 0.6 is 0 Å². The molecule has 2 heterocycles. The van der Waals surface area contributed by atoms with Crippen molar-refractivity contribution >= 4 is 11.3 Å². The Morgan fingerprint density at radius 2 is 1.67 bits per heavy atom. The molecule has 5 N–H and O–H groups in total. The number of aromatic nitrogens is 3. The van der Waals surface area contributed by atoms with Crippen molar-refractivity contribution in [3.8, 4) is 11.5 Å². The third kappa shape index (κ3) is 2.55. The van der Waals surface area contributed by atoms with Gasteiger partial charge in [0.2, 0.25) is 0 Å². The number of hydrogen-bond donors (Lipinski definition) is 4. The minimum atomic E-state index is -0.645. The van der Waals surface area contributed by atoms with Crippen LogP contribution in [0.25, 0.3) is 5.52 Å². The zero-order valence-electron chi connectivity index (χ0n) is 11.3. The van der Waals surface area contributed by atoms with Gasteiger partial charge < -0.3 is 15.9 Å². The van der Waals surface area contributed by atoms with Crippen molar-refractivity contribution in [3.63, 3.8) is 0 Å². The number of nitrogen functional groups attached to an aromatic ring is 1. The standard InChI is InChI=1S/C7H8N4O3.2C2H6/c1-2-4(12)5(13)3-6(8)9-7(14)10-11(2)3;2*1-2/h12-13H,1H3,(H3,8,9,10,14);2*1-2H3. The van der Waals surface area contributed by atoms with Crippen LogP contribution < -0.4 is 11.4 Å². The molecule has 0 bridgehead atoms. The van der Waals surface area contributed by atoms with Gasteiger partial charge in [0.15, 0.2) is 22.8 Å². The number of H-pyrrole nitrogens is 1. The van der Waals surface area contributed by atoms with Gasteiger partial charge in [-0.05, 0) is 6.92 Å². The summed E-state index contributed by atoms with van der Waals surface area (Å²) in [5, 5.41) is 21.1. The van der Waals surface area contributed by atoms with Gasteiger partial charge in [-0.25, -0.2) is 14.4 Å². The van der Waals surface area contributed by atoms with E-state index in [-0.39, 0.29) is 22.8 Å². The van der Waals surface area contributed by atoms with E-state index in [2.05, 4.69) is 10.1 Å². The number of aromatic amines is 1. The van der Waals surface area contributed by atoms with E-state index in [9.17, 15) is 15.0 Å². The topological polar surface area (TPSA) is 117 Å². The number of aryl methyl sites for hydroxylation is 1. The number of nitrogens with two attached hydrogens (primary N) is 1. The molecule has 0 atom stereocenters. The van der Waals surface area contributed by atoms with Crippen molar-refractivity contribution in [3.05, 3.63) is 16.2 Å². The molecule has 0 saturated carbocycles. The van der Waals surface area contributed by atoms with Gasteiger partial charge in [0.1, 0.15) is 0 Å². The van der Waals surface area contributed by atoms with Crippen LogP contribution in [-0.2, 0) is 0 Å². The van der Waals surface area contributed by atoms with E-state index in [0.29, 0.717) is 5.69 Å². The Bertz CT molecular complexity index is 572. The molecule has 0 amide bonds.